The first-order valence-electron chi connectivity index (χ1n) is 5.46. The van der Waals surface area contributed by atoms with E-state index in [-0.39, 0.29) is 11.5 Å². The SMILES string of the molecule is CC1OCCC1(CN)Cc1ccn(C)n1. The first-order valence-corrected chi connectivity index (χ1v) is 5.46. The first kappa shape index (κ1) is 10.6. The van der Waals surface area contributed by atoms with E-state index in [9.17, 15) is 0 Å². The molecule has 0 aromatic carbocycles. The zero-order valence-electron chi connectivity index (χ0n) is 9.44. The molecular formula is C11H19N3O. The molecule has 4 heteroatoms. The Labute approximate surface area is 90.4 Å². The van der Waals surface area contributed by atoms with Gasteiger partial charge in [-0.3, -0.25) is 4.68 Å². The van der Waals surface area contributed by atoms with E-state index in [0.717, 1.165) is 25.1 Å². The highest BCUT2D eigenvalue weighted by Crippen LogP contribution is 2.36. The lowest BCUT2D eigenvalue weighted by molar-refractivity contribution is 0.0668. The van der Waals surface area contributed by atoms with Crippen molar-refractivity contribution in [2.24, 2.45) is 18.2 Å². The smallest absolute Gasteiger partial charge is 0.0631 e. The van der Waals surface area contributed by atoms with Gasteiger partial charge in [0.1, 0.15) is 0 Å². The Kier molecular flexibility index (Phi) is 2.80. The molecule has 2 atom stereocenters. The average molecular weight is 209 g/mol. The lowest BCUT2D eigenvalue weighted by Gasteiger charge is -2.29. The van der Waals surface area contributed by atoms with Crippen molar-refractivity contribution in [2.45, 2.75) is 25.9 Å². The van der Waals surface area contributed by atoms with Crippen molar-refractivity contribution in [1.82, 2.24) is 9.78 Å². The Morgan fingerprint density at radius 1 is 1.73 bits per heavy atom. The van der Waals surface area contributed by atoms with Gasteiger partial charge in [-0.15, -0.1) is 0 Å². The van der Waals surface area contributed by atoms with Gasteiger partial charge in [0.25, 0.3) is 0 Å². The Bertz CT molecular complexity index is 336. The second kappa shape index (κ2) is 3.94. The zero-order chi connectivity index (χ0) is 10.9. The van der Waals surface area contributed by atoms with E-state index < -0.39 is 0 Å². The van der Waals surface area contributed by atoms with E-state index in [4.69, 9.17) is 10.5 Å². The Morgan fingerprint density at radius 3 is 3.00 bits per heavy atom. The number of nitrogens with two attached hydrogens (primary N) is 1. The molecule has 1 aromatic rings. The van der Waals surface area contributed by atoms with Crippen molar-refractivity contribution < 1.29 is 4.74 Å². The van der Waals surface area contributed by atoms with Crippen LogP contribution in [0.15, 0.2) is 12.3 Å². The molecule has 0 bridgehead atoms. The van der Waals surface area contributed by atoms with Crippen molar-refractivity contribution in [3.05, 3.63) is 18.0 Å². The van der Waals surface area contributed by atoms with Crippen LogP contribution in [-0.4, -0.2) is 29.0 Å². The average Bonchev–Trinajstić information content (AvgIpc) is 2.76. The van der Waals surface area contributed by atoms with Gasteiger partial charge in [0.15, 0.2) is 0 Å². The fourth-order valence-corrected chi connectivity index (χ4v) is 2.31. The van der Waals surface area contributed by atoms with Crippen LogP contribution in [0, 0.1) is 5.41 Å². The minimum atomic E-state index is 0.0916. The largest absolute Gasteiger partial charge is 0.378 e. The monoisotopic (exact) mass is 209 g/mol. The van der Waals surface area contributed by atoms with Crippen LogP contribution in [-0.2, 0) is 18.2 Å². The fourth-order valence-electron chi connectivity index (χ4n) is 2.31. The van der Waals surface area contributed by atoms with Gasteiger partial charge in [-0.1, -0.05) is 0 Å². The third kappa shape index (κ3) is 1.92. The highest BCUT2D eigenvalue weighted by molar-refractivity contribution is 5.06. The predicted molar refractivity (Wildman–Crippen MR) is 58.4 cm³/mol. The van der Waals surface area contributed by atoms with Gasteiger partial charge in [0, 0.05) is 38.2 Å². The zero-order valence-corrected chi connectivity index (χ0v) is 9.44. The molecule has 2 heterocycles. The summed E-state index contributed by atoms with van der Waals surface area (Å²) in [6.07, 6.45) is 4.18. The number of aryl methyl sites for hydroxylation is 1. The summed E-state index contributed by atoms with van der Waals surface area (Å²) in [7, 11) is 1.94. The first-order chi connectivity index (χ1) is 7.16. The van der Waals surface area contributed by atoms with Gasteiger partial charge in [-0.05, 0) is 19.4 Å². The summed E-state index contributed by atoms with van der Waals surface area (Å²) in [5.41, 5.74) is 7.10. The maximum absolute atomic E-state index is 5.90. The predicted octanol–water partition coefficient (Wildman–Crippen LogP) is 0.716. The lowest BCUT2D eigenvalue weighted by atomic mass is 9.77. The van der Waals surface area contributed by atoms with Crippen molar-refractivity contribution >= 4 is 0 Å². The molecule has 84 valence electrons. The minimum Gasteiger partial charge on any atom is -0.378 e. The van der Waals surface area contributed by atoms with Crippen LogP contribution in [0.5, 0.6) is 0 Å². The summed E-state index contributed by atoms with van der Waals surface area (Å²) in [6.45, 7) is 3.61. The van der Waals surface area contributed by atoms with Gasteiger partial charge >= 0.3 is 0 Å². The summed E-state index contributed by atoms with van der Waals surface area (Å²) in [5.74, 6) is 0. The molecule has 0 amide bonds. The molecule has 1 saturated heterocycles. The Hall–Kier alpha value is -0.870. The molecule has 2 unspecified atom stereocenters. The van der Waals surface area contributed by atoms with Crippen molar-refractivity contribution in [3.63, 3.8) is 0 Å². The van der Waals surface area contributed by atoms with Crippen LogP contribution in [0.2, 0.25) is 0 Å². The Balaban J connectivity index is 2.14. The molecule has 1 aliphatic rings. The summed E-state index contributed by atoms with van der Waals surface area (Å²) in [4.78, 5) is 0. The number of nitrogens with zero attached hydrogens (tertiary/aromatic N) is 2. The van der Waals surface area contributed by atoms with Crippen molar-refractivity contribution in [2.75, 3.05) is 13.2 Å². The van der Waals surface area contributed by atoms with Crippen LogP contribution >= 0.6 is 0 Å². The number of ether oxygens (including phenoxy) is 1. The van der Waals surface area contributed by atoms with Gasteiger partial charge in [0.05, 0.1) is 11.8 Å². The number of hydrogen-bond donors (Lipinski definition) is 1. The molecule has 0 radical (unpaired) electrons. The molecule has 2 N–H and O–H groups in total. The van der Waals surface area contributed by atoms with Crippen LogP contribution in [0.25, 0.3) is 0 Å². The highest BCUT2D eigenvalue weighted by Gasteiger charge is 2.40. The van der Waals surface area contributed by atoms with E-state index in [2.05, 4.69) is 18.1 Å². The van der Waals surface area contributed by atoms with Gasteiger partial charge in [-0.2, -0.15) is 5.10 Å². The quantitative estimate of drug-likeness (QED) is 0.798. The topological polar surface area (TPSA) is 53.1 Å². The van der Waals surface area contributed by atoms with E-state index in [0.29, 0.717) is 6.54 Å². The number of rotatable bonds is 3. The minimum absolute atomic E-state index is 0.0916. The molecule has 1 aliphatic heterocycles. The molecule has 2 rings (SSSR count). The van der Waals surface area contributed by atoms with Crippen LogP contribution in [0.1, 0.15) is 19.0 Å². The van der Waals surface area contributed by atoms with E-state index in [1.807, 2.05) is 17.9 Å². The number of aromatic nitrogens is 2. The van der Waals surface area contributed by atoms with Crippen LogP contribution in [0.3, 0.4) is 0 Å². The van der Waals surface area contributed by atoms with Crippen molar-refractivity contribution in [3.8, 4) is 0 Å². The molecule has 15 heavy (non-hydrogen) atoms. The second-order valence-electron chi connectivity index (χ2n) is 4.49. The maximum Gasteiger partial charge on any atom is 0.0631 e. The lowest BCUT2D eigenvalue weighted by Crippen LogP contribution is -2.38. The van der Waals surface area contributed by atoms with Gasteiger partial charge < -0.3 is 10.5 Å². The third-order valence-electron chi connectivity index (χ3n) is 3.54. The third-order valence-corrected chi connectivity index (χ3v) is 3.54. The molecule has 0 saturated carbocycles. The molecular weight excluding hydrogens is 190 g/mol. The second-order valence-corrected chi connectivity index (χ2v) is 4.49. The molecule has 0 spiro atoms. The standard InChI is InChI=1S/C11H19N3O/c1-9-11(8-12,4-6-15-9)7-10-3-5-14(2)13-10/h3,5,9H,4,6-8,12H2,1-2H3. The van der Waals surface area contributed by atoms with Crippen LogP contribution < -0.4 is 5.73 Å². The molecule has 0 aliphatic carbocycles. The highest BCUT2D eigenvalue weighted by atomic mass is 16.5. The number of hydrogen-bond acceptors (Lipinski definition) is 3. The summed E-state index contributed by atoms with van der Waals surface area (Å²) in [6, 6.07) is 2.06. The summed E-state index contributed by atoms with van der Waals surface area (Å²) < 4.78 is 7.46. The Morgan fingerprint density at radius 2 is 2.53 bits per heavy atom. The fraction of sp³-hybridized carbons (Fsp3) is 0.727. The van der Waals surface area contributed by atoms with Gasteiger partial charge in [-0.25, -0.2) is 0 Å². The normalized spacial score (nSPS) is 31.0. The van der Waals surface area contributed by atoms with E-state index >= 15 is 0 Å². The molecule has 4 nitrogen and oxygen atoms in total. The van der Waals surface area contributed by atoms with E-state index in [1.165, 1.54) is 0 Å². The van der Waals surface area contributed by atoms with Crippen molar-refractivity contribution in [1.29, 1.82) is 0 Å². The summed E-state index contributed by atoms with van der Waals surface area (Å²) in [5, 5.41) is 4.41. The maximum atomic E-state index is 5.90. The molecule has 1 fully saturated rings. The van der Waals surface area contributed by atoms with Gasteiger partial charge in [0.2, 0.25) is 0 Å². The van der Waals surface area contributed by atoms with E-state index in [1.54, 1.807) is 0 Å². The summed E-state index contributed by atoms with van der Waals surface area (Å²) >= 11 is 0. The van der Waals surface area contributed by atoms with Crippen LogP contribution in [0.4, 0.5) is 0 Å². The molecule has 1 aromatic heterocycles.